The monoisotopic (exact) mass is 219 g/mol. The second kappa shape index (κ2) is 4.26. The Balaban J connectivity index is 1.89. The lowest BCUT2D eigenvalue weighted by Gasteiger charge is -2.20. The number of hydrogen-bond donors (Lipinski definition) is 1. The van der Waals surface area contributed by atoms with Gasteiger partial charge in [0.15, 0.2) is 0 Å². The fourth-order valence-electron chi connectivity index (χ4n) is 1.94. The first-order valence-electron chi connectivity index (χ1n) is 5.60. The van der Waals surface area contributed by atoms with E-state index in [4.69, 9.17) is 10.5 Å². The van der Waals surface area contributed by atoms with Crippen molar-refractivity contribution in [2.24, 2.45) is 11.1 Å². The van der Waals surface area contributed by atoms with Crippen LogP contribution >= 0.6 is 0 Å². The summed E-state index contributed by atoms with van der Waals surface area (Å²) in [7, 11) is 0. The predicted molar refractivity (Wildman–Crippen MR) is 61.6 cm³/mol. The molecule has 2 N–H and O–H groups in total. The molecule has 0 spiro atoms. The Labute approximate surface area is 95.6 Å². The Hall–Kier alpha value is -1.35. The number of primary amides is 1. The van der Waals surface area contributed by atoms with Crippen LogP contribution in [0.4, 0.5) is 0 Å². The molecule has 3 nitrogen and oxygen atoms in total. The third kappa shape index (κ3) is 2.09. The topological polar surface area (TPSA) is 52.3 Å². The van der Waals surface area contributed by atoms with Crippen molar-refractivity contribution in [3.63, 3.8) is 0 Å². The molecule has 1 atom stereocenters. The second-order valence-electron chi connectivity index (χ2n) is 4.46. The molecule has 1 aliphatic carbocycles. The predicted octanol–water partition coefficient (Wildman–Crippen LogP) is 1.86. The lowest BCUT2D eigenvalue weighted by Crippen LogP contribution is -2.35. The maximum atomic E-state index is 11.3. The maximum Gasteiger partial charge on any atom is 0.226 e. The summed E-state index contributed by atoms with van der Waals surface area (Å²) >= 11 is 0. The molecule has 1 aromatic rings. The van der Waals surface area contributed by atoms with E-state index in [1.165, 1.54) is 0 Å². The molecule has 0 aromatic heterocycles. The number of nitrogens with two attached hydrogens (primary N) is 1. The van der Waals surface area contributed by atoms with Crippen molar-refractivity contribution in [3.8, 4) is 0 Å². The van der Waals surface area contributed by atoms with Crippen molar-refractivity contribution < 1.29 is 9.53 Å². The standard InChI is InChI=1S/C13H17NO2/c1-10(13(7-8-13)12(14)15)16-9-11-5-3-2-4-6-11/h2-6,10H,7-9H2,1H3,(H2,14,15). The quantitative estimate of drug-likeness (QED) is 0.821. The fraction of sp³-hybridized carbons (Fsp3) is 0.462. The zero-order valence-corrected chi connectivity index (χ0v) is 9.48. The molecule has 86 valence electrons. The van der Waals surface area contributed by atoms with E-state index in [9.17, 15) is 4.79 Å². The first kappa shape index (κ1) is 11.1. The Kier molecular flexibility index (Phi) is 2.97. The van der Waals surface area contributed by atoms with Crippen LogP contribution in [0.3, 0.4) is 0 Å². The molecular formula is C13H17NO2. The van der Waals surface area contributed by atoms with Crippen molar-refractivity contribution in [1.82, 2.24) is 0 Å². The molecule has 1 amide bonds. The van der Waals surface area contributed by atoms with E-state index in [-0.39, 0.29) is 12.0 Å². The van der Waals surface area contributed by atoms with E-state index in [1.807, 2.05) is 37.3 Å². The molecule has 3 heteroatoms. The summed E-state index contributed by atoms with van der Waals surface area (Å²) in [5.41, 5.74) is 6.11. The van der Waals surface area contributed by atoms with Crippen LogP contribution in [0.2, 0.25) is 0 Å². The van der Waals surface area contributed by atoms with Gasteiger partial charge in [-0.2, -0.15) is 0 Å². The highest BCUT2D eigenvalue weighted by Gasteiger charge is 2.53. The minimum atomic E-state index is -0.394. The molecule has 1 aliphatic rings. The van der Waals surface area contributed by atoms with Gasteiger partial charge in [0.05, 0.1) is 18.1 Å². The van der Waals surface area contributed by atoms with Crippen LogP contribution in [0.1, 0.15) is 25.3 Å². The maximum absolute atomic E-state index is 11.3. The van der Waals surface area contributed by atoms with Gasteiger partial charge in [-0.3, -0.25) is 4.79 Å². The number of carbonyl (C=O) groups excluding carboxylic acids is 1. The van der Waals surface area contributed by atoms with Crippen molar-refractivity contribution in [1.29, 1.82) is 0 Å². The van der Waals surface area contributed by atoms with Crippen LogP contribution in [-0.2, 0) is 16.1 Å². The molecular weight excluding hydrogens is 202 g/mol. The fourth-order valence-corrected chi connectivity index (χ4v) is 1.94. The summed E-state index contributed by atoms with van der Waals surface area (Å²) in [6, 6.07) is 9.94. The Bertz CT molecular complexity index is 371. The lowest BCUT2D eigenvalue weighted by atomic mass is 10.00. The summed E-state index contributed by atoms with van der Waals surface area (Å²) in [6.07, 6.45) is 1.63. The van der Waals surface area contributed by atoms with E-state index in [2.05, 4.69) is 0 Å². The molecule has 1 unspecified atom stereocenters. The Morgan fingerprint density at radius 3 is 2.56 bits per heavy atom. The highest BCUT2D eigenvalue weighted by atomic mass is 16.5. The van der Waals surface area contributed by atoms with Gasteiger partial charge in [0.2, 0.25) is 5.91 Å². The molecule has 0 saturated heterocycles. The number of ether oxygens (including phenoxy) is 1. The molecule has 0 heterocycles. The number of rotatable bonds is 5. The van der Waals surface area contributed by atoms with Gasteiger partial charge >= 0.3 is 0 Å². The SMILES string of the molecule is CC(OCc1ccccc1)C1(C(N)=O)CC1. The minimum Gasteiger partial charge on any atom is -0.373 e. The molecule has 2 rings (SSSR count). The second-order valence-corrected chi connectivity index (χ2v) is 4.46. The van der Waals surface area contributed by atoms with Gasteiger partial charge in [0.1, 0.15) is 0 Å². The van der Waals surface area contributed by atoms with Gasteiger partial charge in [0.25, 0.3) is 0 Å². The van der Waals surface area contributed by atoms with Crippen molar-refractivity contribution >= 4 is 5.91 Å². The van der Waals surface area contributed by atoms with Crippen molar-refractivity contribution in [2.45, 2.75) is 32.5 Å². The van der Waals surface area contributed by atoms with Crippen LogP contribution in [0, 0.1) is 5.41 Å². The van der Waals surface area contributed by atoms with Gasteiger partial charge < -0.3 is 10.5 Å². The molecule has 1 fully saturated rings. The number of amides is 1. The Morgan fingerprint density at radius 1 is 1.44 bits per heavy atom. The van der Waals surface area contributed by atoms with Gasteiger partial charge in [-0.25, -0.2) is 0 Å². The average Bonchev–Trinajstić information content (AvgIpc) is 3.08. The minimum absolute atomic E-state index is 0.0924. The summed E-state index contributed by atoms with van der Waals surface area (Å²) < 4.78 is 5.72. The van der Waals surface area contributed by atoms with Crippen LogP contribution < -0.4 is 5.73 Å². The number of carbonyl (C=O) groups is 1. The van der Waals surface area contributed by atoms with Gasteiger partial charge in [-0.05, 0) is 25.3 Å². The summed E-state index contributed by atoms with van der Waals surface area (Å²) in [5.74, 6) is -0.229. The number of benzene rings is 1. The van der Waals surface area contributed by atoms with E-state index in [0.29, 0.717) is 6.61 Å². The molecule has 1 saturated carbocycles. The summed E-state index contributed by atoms with van der Waals surface area (Å²) in [4.78, 5) is 11.3. The highest BCUT2D eigenvalue weighted by Crippen LogP contribution is 2.49. The van der Waals surface area contributed by atoms with Gasteiger partial charge in [-0.1, -0.05) is 30.3 Å². The largest absolute Gasteiger partial charge is 0.373 e. The highest BCUT2D eigenvalue weighted by molar-refractivity contribution is 5.84. The van der Waals surface area contributed by atoms with Crippen LogP contribution in [-0.4, -0.2) is 12.0 Å². The normalized spacial score (nSPS) is 19.1. The van der Waals surface area contributed by atoms with E-state index in [0.717, 1.165) is 18.4 Å². The number of hydrogen-bond acceptors (Lipinski definition) is 2. The lowest BCUT2D eigenvalue weighted by molar-refractivity contribution is -0.129. The average molecular weight is 219 g/mol. The summed E-state index contributed by atoms with van der Waals surface area (Å²) in [5, 5.41) is 0. The zero-order valence-electron chi connectivity index (χ0n) is 9.48. The molecule has 0 aliphatic heterocycles. The van der Waals surface area contributed by atoms with Gasteiger partial charge in [-0.15, -0.1) is 0 Å². The van der Waals surface area contributed by atoms with Gasteiger partial charge in [0, 0.05) is 0 Å². The zero-order chi connectivity index (χ0) is 11.6. The van der Waals surface area contributed by atoms with Crippen molar-refractivity contribution in [3.05, 3.63) is 35.9 Å². The molecule has 0 bridgehead atoms. The molecule has 0 radical (unpaired) electrons. The van der Waals surface area contributed by atoms with Crippen LogP contribution in [0.5, 0.6) is 0 Å². The summed E-state index contributed by atoms with van der Waals surface area (Å²) in [6.45, 7) is 2.47. The van der Waals surface area contributed by atoms with E-state index >= 15 is 0 Å². The molecule has 1 aromatic carbocycles. The third-order valence-electron chi connectivity index (χ3n) is 3.40. The first-order chi connectivity index (χ1) is 7.65. The Morgan fingerprint density at radius 2 is 2.06 bits per heavy atom. The van der Waals surface area contributed by atoms with Crippen LogP contribution in [0.15, 0.2) is 30.3 Å². The van der Waals surface area contributed by atoms with Crippen LogP contribution in [0.25, 0.3) is 0 Å². The van der Waals surface area contributed by atoms with Crippen molar-refractivity contribution in [2.75, 3.05) is 0 Å². The van der Waals surface area contributed by atoms with E-state index in [1.54, 1.807) is 0 Å². The smallest absolute Gasteiger partial charge is 0.226 e. The third-order valence-corrected chi connectivity index (χ3v) is 3.40. The first-order valence-corrected chi connectivity index (χ1v) is 5.60. The molecule has 16 heavy (non-hydrogen) atoms. The van der Waals surface area contributed by atoms with E-state index < -0.39 is 5.41 Å².